The quantitative estimate of drug-likeness (QED) is 0.372. The third kappa shape index (κ3) is 2.81. The second-order valence-corrected chi connectivity index (χ2v) is 5.28. The van der Waals surface area contributed by atoms with Gasteiger partial charge < -0.3 is 10.2 Å². The highest BCUT2D eigenvalue weighted by Crippen LogP contribution is 2.15. The average Bonchev–Trinajstić information content (AvgIpc) is 2.88. The second kappa shape index (κ2) is 5.66. The molecule has 1 unspecified atom stereocenters. The number of urea groups is 1. The minimum atomic E-state index is -0.349. The zero-order valence-corrected chi connectivity index (χ0v) is 11.6. The molecule has 0 saturated carbocycles. The van der Waals surface area contributed by atoms with Crippen molar-refractivity contribution >= 4 is 11.9 Å². The monoisotopic (exact) mass is 290 g/mol. The Bertz CT molecular complexity index is 546. The number of amides is 3. The Morgan fingerprint density at radius 1 is 1.48 bits per heavy atom. The van der Waals surface area contributed by atoms with Crippen LogP contribution in [0.15, 0.2) is 18.3 Å². The molecule has 0 aliphatic carbocycles. The number of rotatable bonds is 3. The molecule has 1 aromatic rings. The summed E-state index contributed by atoms with van der Waals surface area (Å²) in [6.07, 6.45) is 1.52. The van der Waals surface area contributed by atoms with Gasteiger partial charge >= 0.3 is 6.03 Å². The molecule has 112 valence electrons. The van der Waals surface area contributed by atoms with Gasteiger partial charge in [-0.1, -0.05) is 0 Å². The number of piperazine rings is 1. The molecule has 0 aromatic carbocycles. The van der Waals surface area contributed by atoms with Crippen LogP contribution in [0.4, 0.5) is 4.79 Å². The number of nitrogens with two attached hydrogens (primary N) is 1. The zero-order chi connectivity index (χ0) is 14.8. The van der Waals surface area contributed by atoms with Crippen molar-refractivity contribution in [2.24, 2.45) is 5.84 Å². The smallest absolute Gasteiger partial charge is 0.317 e. The van der Waals surface area contributed by atoms with E-state index in [0.717, 1.165) is 25.3 Å². The fourth-order valence-electron chi connectivity index (χ4n) is 2.78. The third-order valence-electron chi connectivity index (χ3n) is 3.92. The van der Waals surface area contributed by atoms with Crippen LogP contribution in [0.3, 0.4) is 0 Å². The molecule has 2 aliphatic rings. The first-order valence-electron chi connectivity index (χ1n) is 6.90. The molecule has 4 N–H and O–H groups in total. The second-order valence-electron chi connectivity index (χ2n) is 5.28. The lowest BCUT2D eigenvalue weighted by Gasteiger charge is -2.36. The van der Waals surface area contributed by atoms with Crippen molar-refractivity contribution in [3.63, 3.8) is 0 Å². The minimum Gasteiger partial charge on any atom is -0.336 e. The molecule has 21 heavy (non-hydrogen) atoms. The number of pyridine rings is 1. The van der Waals surface area contributed by atoms with E-state index < -0.39 is 0 Å². The van der Waals surface area contributed by atoms with Gasteiger partial charge in [0.25, 0.3) is 5.91 Å². The highest BCUT2D eigenvalue weighted by atomic mass is 16.2. The van der Waals surface area contributed by atoms with Crippen molar-refractivity contribution in [1.82, 2.24) is 25.5 Å². The first-order valence-corrected chi connectivity index (χ1v) is 6.90. The lowest BCUT2D eigenvalue weighted by Crippen LogP contribution is -2.51. The van der Waals surface area contributed by atoms with Crippen LogP contribution in [0.1, 0.15) is 16.1 Å². The Hall–Kier alpha value is -2.19. The maximum atomic E-state index is 11.5. The maximum Gasteiger partial charge on any atom is 0.317 e. The summed E-state index contributed by atoms with van der Waals surface area (Å²) in [5.41, 5.74) is 3.42. The van der Waals surface area contributed by atoms with Crippen LogP contribution >= 0.6 is 0 Å². The van der Waals surface area contributed by atoms with Crippen LogP contribution in [-0.4, -0.2) is 58.9 Å². The van der Waals surface area contributed by atoms with E-state index in [1.807, 2.05) is 11.0 Å². The number of carbonyl (C=O) groups excluding carboxylic acids is 2. The summed E-state index contributed by atoms with van der Waals surface area (Å²) in [6.45, 7) is 3.83. The Labute approximate surface area is 122 Å². The van der Waals surface area contributed by atoms with Gasteiger partial charge in [0.15, 0.2) is 0 Å². The molecule has 3 heterocycles. The Balaban J connectivity index is 1.60. The molecular formula is C13H18N6O2. The lowest BCUT2D eigenvalue weighted by molar-refractivity contribution is 0.0953. The summed E-state index contributed by atoms with van der Waals surface area (Å²) in [4.78, 5) is 31.3. The molecule has 2 fully saturated rings. The van der Waals surface area contributed by atoms with Gasteiger partial charge in [0.05, 0.1) is 17.3 Å². The number of nitrogens with one attached hydrogen (secondary N) is 2. The number of hydrazine groups is 1. The summed E-state index contributed by atoms with van der Waals surface area (Å²) in [5.74, 6) is 4.73. The maximum absolute atomic E-state index is 11.5. The number of hydrogen-bond acceptors (Lipinski definition) is 5. The van der Waals surface area contributed by atoms with Gasteiger partial charge in [-0.15, -0.1) is 0 Å². The lowest BCUT2D eigenvalue weighted by atomic mass is 10.2. The van der Waals surface area contributed by atoms with E-state index in [9.17, 15) is 9.59 Å². The van der Waals surface area contributed by atoms with Crippen molar-refractivity contribution in [1.29, 1.82) is 0 Å². The van der Waals surface area contributed by atoms with Crippen LogP contribution in [0.5, 0.6) is 0 Å². The van der Waals surface area contributed by atoms with Crippen LogP contribution in [0.2, 0.25) is 0 Å². The van der Waals surface area contributed by atoms with E-state index in [0.29, 0.717) is 18.7 Å². The number of aromatic nitrogens is 1. The van der Waals surface area contributed by atoms with E-state index in [-0.39, 0.29) is 18.0 Å². The minimum absolute atomic E-state index is 0.0370. The molecule has 0 radical (unpaired) electrons. The number of nitrogen functional groups attached to an aromatic ring is 1. The predicted molar refractivity (Wildman–Crippen MR) is 75.1 cm³/mol. The molecule has 3 amide bonds. The molecule has 8 heteroatoms. The summed E-state index contributed by atoms with van der Waals surface area (Å²) in [7, 11) is 0. The van der Waals surface area contributed by atoms with Crippen molar-refractivity contribution in [2.45, 2.75) is 12.6 Å². The molecule has 8 nitrogen and oxygen atoms in total. The van der Waals surface area contributed by atoms with Gasteiger partial charge in [-0.2, -0.15) is 0 Å². The zero-order valence-electron chi connectivity index (χ0n) is 11.6. The van der Waals surface area contributed by atoms with Gasteiger partial charge in [0, 0.05) is 38.9 Å². The van der Waals surface area contributed by atoms with Crippen molar-refractivity contribution in [2.75, 3.05) is 26.2 Å². The number of carbonyl (C=O) groups is 2. The number of nitrogens with zero attached hydrogens (tertiary/aromatic N) is 3. The van der Waals surface area contributed by atoms with Crippen molar-refractivity contribution in [3.05, 3.63) is 29.6 Å². The van der Waals surface area contributed by atoms with Gasteiger partial charge in [-0.05, 0) is 12.1 Å². The Morgan fingerprint density at radius 2 is 2.33 bits per heavy atom. The molecule has 0 spiro atoms. The predicted octanol–water partition coefficient (Wildman–Crippen LogP) is -1.11. The summed E-state index contributed by atoms with van der Waals surface area (Å²) < 4.78 is 0. The molecular weight excluding hydrogens is 272 g/mol. The highest BCUT2D eigenvalue weighted by molar-refractivity contribution is 5.93. The van der Waals surface area contributed by atoms with E-state index in [2.05, 4.69) is 20.6 Å². The van der Waals surface area contributed by atoms with Gasteiger partial charge in [-0.3, -0.25) is 20.1 Å². The largest absolute Gasteiger partial charge is 0.336 e. The highest BCUT2D eigenvalue weighted by Gasteiger charge is 2.35. The normalized spacial score (nSPS) is 21.9. The van der Waals surface area contributed by atoms with Crippen LogP contribution < -0.4 is 16.6 Å². The average molecular weight is 290 g/mol. The SMILES string of the molecule is NNC(=O)c1ccc(CN2CCN3C(=O)NCC3C2)nc1. The summed E-state index contributed by atoms with van der Waals surface area (Å²) in [6, 6.07) is 3.82. The molecule has 1 aromatic heterocycles. The van der Waals surface area contributed by atoms with E-state index in [1.54, 1.807) is 6.07 Å². The van der Waals surface area contributed by atoms with Gasteiger partial charge in [0.2, 0.25) is 0 Å². The third-order valence-corrected chi connectivity index (χ3v) is 3.92. The summed E-state index contributed by atoms with van der Waals surface area (Å²) in [5, 5.41) is 2.86. The van der Waals surface area contributed by atoms with Crippen LogP contribution in [-0.2, 0) is 6.54 Å². The molecule has 2 saturated heterocycles. The number of fused-ring (bicyclic) bond motifs is 1. The first-order chi connectivity index (χ1) is 10.2. The first kappa shape index (κ1) is 13.8. The van der Waals surface area contributed by atoms with Crippen molar-refractivity contribution in [3.8, 4) is 0 Å². The van der Waals surface area contributed by atoms with E-state index >= 15 is 0 Å². The molecule has 0 bridgehead atoms. The molecule has 2 aliphatic heterocycles. The van der Waals surface area contributed by atoms with Crippen molar-refractivity contribution < 1.29 is 9.59 Å². The Kier molecular flexibility index (Phi) is 3.72. The molecule has 1 atom stereocenters. The van der Waals surface area contributed by atoms with Crippen LogP contribution in [0, 0.1) is 0 Å². The fourth-order valence-corrected chi connectivity index (χ4v) is 2.78. The fraction of sp³-hybridized carbons (Fsp3) is 0.462. The number of hydrogen-bond donors (Lipinski definition) is 3. The van der Waals surface area contributed by atoms with Crippen LogP contribution in [0.25, 0.3) is 0 Å². The molecule has 3 rings (SSSR count). The topological polar surface area (TPSA) is 104 Å². The van der Waals surface area contributed by atoms with Gasteiger partial charge in [0.1, 0.15) is 0 Å². The van der Waals surface area contributed by atoms with E-state index in [4.69, 9.17) is 5.84 Å². The van der Waals surface area contributed by atoms with Gasteiger partial charge in [-0.25, -0.2) is 10.6 Å². The van der Waals surface area contributed by atoms with E-state index in [1.165, 1.54) is 6.20 Å². The Morgan fingerprint density at radius 3 is 3.05 bits per heavy atom. The summed E-state index contributed by atoms with van der Waals surface area (Å²) >= 11 is 0. The standard InChI is InChI=1S/C13H18N6O2/c14-17-12(20)9-1-2-10(15-5-9)7-18-3-4-19-11(8-18)6-16-13(19)21/h1-2,5,11H,3-4,6-8,14H2,(H,16,21)(H,17,20).